The van der Waals surface area contributed by atoms with Crippen molar-refractivity contribution in [3.63, 3.8) is 0 Å². The Morgan fingerprint density at radius 1 is 1.17 bits per heavy atom. The first kappa shape index (κ1) is 15.8. The molecule has 0 aliphatic heterocycles. The number of carbonyl (C=O) groups is 1. The molecule has 0 saturated carbocycles. The molecular formula is C18H17N3O3. The van der Waals surface area contributed by atoms with Gasteiger partial charge in [-0.3, -0.25) is 10.2 Å². The van der Waals surface area contributed by atoms with Crippen LogP contribution in [0.1, 0.15) is 21.6 Å². The number of nitrogens with two attached hydrogens (primary N) is 1. The molecular weight excluding hydrogens is 306 g/mol. The lowest BCUT2D eigenvalue weighted by Crippen LogP contribution is -2.30. The van der Waals surface area contributed by atoms with Crippen LogP contribution < -0.4 is 16.0 Å². The Hall–Kier alpha value is -3.12. The van der Waals surface area contributed by atoms with Gasteiger partial charge in [-0.15, -0.1) is 0 Å². The molecule has 6 heteroatoms. The lowest BCUT2D eigenvalue weighted by molar-refractivity contribution is 0.0944. The second-order valence-corrected chi connectivity index (χ2v) is 5.26. The van der Waals surface area contributed by atoms with Crippen LogP contribution in [0.4, 0.5) is 0 Å². The van der Waals surface area contributed by atoms with Crippen molar-refractivity contribution in [2.75, 3.05) is 0 Å². The van der Waals surface area contributed by atoms with Gasteiger partial charge in [-0.2, -0.15) is 0 Å². The van der Waals surface area contributed by atoms with Crippen LogP contribution in [0.15, 0.2) is 59.1 Å². The molecule has 0 spiro atoms. The van der Waals surface area contributed by atoms with Gasteiger partial charge in [0, 0.05) is 11.1 Å². The maximum Gasteiger partial charge on any atom is 0.287 e. The second-order valence-electron chi connectivity index (χ2n) is 5.26. The number of benzene rings is 2. The van der Waals surface area contributed by atoms with Crippen LogP contribution in [-0.4, -0.2) is 11.1 Å². The maximum absolute atomic E-state index is 11.6. The predicted octanol–water partition coefficient (Wildman–Crippen LogP) is 2.83. The minimum Gasteiger partial charge on any atom is -0.489 e. The molecule has 0 fully saturated rings. The molecule has 6 nitrogen and oxygen atoms in total. The zero-order valence-corrected chi connectivity index (χ0v) is 13.2. The molecule has 0 unspecified atom stereocenters. The fraction of sp³-hybridized carbons (Fsp3) is 0.111. The number of nitrogens with one attached hydrogen (secondary N) is 1. The highest BCUT2D eigenvalue weighted by Crippen LogP contribution is 2.27. The molecule has 122 valence electrons. The summed E-state index contributed by atoms with van der Waals surface area (Å²) in [7, 11) is 0. The van der Waals surface area contributed by atoms with E-state index in [1.165, 1.54) is 0 Å². The second kappa shape index (κ2) is 6.97. The first-order chi connectivity index (χ1) is 11.7. The molecule has 1 aromatic heterocycles. The Balaban J connectivity index is 1.73. The zero-order chi connectivity index (χ0) is 16.9. The lowest BCUT2D eigenvalue weighted by Gasteiger charge is -2.06. The van der Waals surface area contributed by atoms with Crippen molar-refractivity contribution < 1.29 is 14.1 Å². The van der Waals surface area contributed by atoms with Gasteiger partial charge in [0.2, 0.25) is 0 Å². The number of hydrogen-bond acceptors (Lipinski definition) is 5. The molecule has 24 heavy (non-hydrogen) atoms. The van der Waals surface area contributed by atoms with E-state index >= 15 is 0 Å². The Kier molecular flexibility index (Phi) is 4.58. The molecule has 1 amide bonds. The van der Waals surface area contributed by atoms with E-state index in [1.807, 2.05) is 60.0 Å². The van der Waals surface area contributed by atoms with Gasteiger partial charge >= 0.3 is 0 Å². The smallest absolute Gasteiger partial charge is 0.287 e. The van der Waals surface area contributed by atoms with Crippen molar-refractivity contribution in [1.82, 2.24) is 10.6 Å². The van der Waals surface area contributed by atoms with E-state index < -0.39 is 5.91 Å². The fourth-order valence-corrected chi connectivity index (χ4v) is 2.33. The predicted molar refractivity (Wildman–Crippen MR) is 89.1 cm³/mol. The first-order valence-corrected chi connectivity index (χ1v) is 7.43. The number of ether oxygens (including phenoxy) is 1. The normalized spacial score (nSPS) is 10.4. The summed E-state index contributed by atoms with van der Waals surface area (Å²) in [6.45, 7) is 2.26. The number of amides is 1. The number of aromatic nitrogens is 1. The van der Waals surface area contributed by atoms with Gasteiger partial charge < -0.3 is 9.26 Å². The standard InChI is InChI=1S/C18H17N3O3/c1-12-16(18(22)20-19)21-24-17(12)14-7-9-15(10-8-14)23-11-13-5-3-2-4-6-13/h2-10H,11,19H2,1H3,(H,20,22). The molecule has 0 aliphatic rings. The average Bonchev–Trinajstić information content (AvgIpc) is 3.02. The number of rotatable bonds is 5. The Morgan fingerprint density at radius 2 is 1.88 bits per heavy atom. The molecule has 0 atom stereocenters. The highest BCUT2D eigenvalue weighted by atomic mass is 16.5. The number of nitrogens with zero attached hydrogens (tertiary/aromatic N) is 1. The Morgan fingerprint density at radius 3 is 2.54 bits per heavy atom. The van der Waals surface area contributed by atoms with Gasteiger partial charge in [0.1, 0.15) is 12.4 Å². The molecule has 0 aliphatic carbocycles. The molecule has 3 N–H and O–H groups in total. The third-order valence-corrected chi connectivity index (χ3v) is 3.64. The summed E-state index contributed by atoms with van der Waals surface area (Å²) in [5.41, 5.74) is 4.77. The molecule has 2 aromatic carbocycles. The SMILES string of the molecule is Cc1c(C(=O)NN)noc1-c1ccc(OCc2ccccc2)cc1. The van der Waals surface area contributed by atoms with E-state index in [0.717, 1.165) is 16.9 Å². The summed E-state index contributed by atoms with van der Waals surface area (Å²) < 4.78 is 11.0. The number of nitrogen functional groups attached to an aromatic ring is 1. The van der Waals surface area contributed by atoms with Crippen molar-refractivity contribution >= 4 is 5.91 Å². The summed E-state index contributed by atoms with van der Waals surface area (Å²) in [4.78, 5) is 11.6. The minimum absolute atomic E-state index is 0.178. The summed E-state index contributed by atoms with van der Waals surface area (Å²) in [5, 5.41) is 3.76. The highest BCUT2D eigenvalue weighted by molar-refractivity contribution is 5.94. The third-order valence-electron chi connectivity index (χ3n) is 3.64. The van der Waals surface area contributed by atoms with Crippen LogP contribution in [0.5, 0.6) is 5.75 Å². The molecule has 0 radical (unpaired) electrons. The summed E-state index contributed by atoms with van der Waals surface area (Å²) in [5.74, 6) is 5.92. The van der Waals surface area contributed by atoms with Gasteiger partial charge in [-0.25, -0.2) is 5.84 Å². The van der Waals surface area contributed by atoms with E-state index in [0.29, 0.717) is 17.9 Å². The molecule has 0 saturated heterocycles. The van der Waals surface area contributed by atoms with Gasteiger partial charge in [-0.1, -0.05) is 35.5 Å². The van der Waals surface area contributed by atoms with Crippen LogP contribution in [0, 0.1) is 6.92 Å². The zero-order valence-electron chi connectivity index (χ0n) is 13.2. The first-order valence-electron chi connectivity index (χ1n) is 7.43. The topological polar surface area (TPSA) is 90.4 Å². The minimum atomic E-state index is -0.481. The fourth-order valence-electron chi connectivity index (χ4n) is 2.33. The van der Waals surface area contributed by atoms with Crippen LogP contribution in [0.2, 0.25) is 0 Å². The summed E-state index contributed by atoms with van der Waals surface area (Å²) >= 11 is 0. The largest absolute Gasteiger partial charge is 0.489 e. The highest BCUT2D eigenvalue weighted by Gasteiger charge is 2.18. The summed E-state index contributed by atoms with van der Waals surface area (Å²) in [6.07, 6.45) is 0. The molecule has 3 aromatic rings. The van der Waals surface area contributed by atoms with E-state index in [2.05, 4.69) is 5.16 Å². The number of hydrazine groups is 1. The molecule has 3 rings (SSSR count). The van der Waals surface area contributed by atoms with Crippen molar-refractivity contribution in [2.24, 2.45) is 5.84 Å². The Labute approximate surface area is 139 Å². The average molecular weight is 323 g/mol. The van der Waals surface area contributed by atoms with Gasteiger partial charge in [0.05, 0.1) is 0 Å². The van der Waals surface area contributed by atoms with E-state index in [-0.39, 0.29) is 5.69 Å². The number of hydrogen-bond donors (Lipinski definition) is 2. The van der Waals surface area contributed by atoms with Crippen molar-refractivity contribution in [1.29, 1.82) is 0 Å². The van der Waals surface area contributed by atoms with Crippen LogP contribution in [-0.2, 0) is 6.61 Å². The maximum atomic E-state index is 11.6. The lowest BCUT2D eigenvalue weighted by atomic mass is 10.1. The number of carbonyl (C=O) groups excluding carboxylic acids is 1. The van der Waals surface area contributed by atoms with Gasteiger partial charge in [-0.05, 0) is 36.8 Å². The van der Waals surface area contributed by atoms with Gasteiger partial charge in [0.25, 0.3) is 5.91 Å². The van der Waals surface area contributed by atoms with E-state index in [4.69, 9.17) is 15.1 Å². The van der Waals surface area contributed by atoms with Crippen LogP contribution in [0.3, 0.4) is 0 Å². The van der Waals surface area contributed by atoms with Crippen LogP contribution >= 0.6 is 0 Å². The quantitative estimate of drug-likeness (QED) is 0.428. The van der Waals surface area contributed by atoms with Crippen LogP contribution in [0.25, 0.3) is 11.3 Å². The molecule has 1 heterocycles. The third kappa shape index (κ3) is 3.28. The van der Waals surface area contributed by atoms with E-state index in [9.17, 15) is 4.79 Å². The van der Waals surface area contributed by atoms with Crippen molar-refractivity contribution in [3.8, 4) is 17.1 Å². The van der Waals surface area contributed by atoms with Crippen molar-refractivity contribution in [2.45, 2.75) is 13.5 Å². The van der Waals surface area contributed by atoms with E-state index in [1.54, 1.807) is 6.92 Å². The molecule has 0 bridgehead atoms. The Bertz CT molecular complexity index is 826. The van der Waals surface area contributed by atoms with Gasteiger partial charge in [0.15, 0.2) is 11.5 Å². The van der Waals surface area contributed by atoms with Crippen molar-refractivity contribution in [3.05, 3.63) is 71.4 Å². The summed E-state index contributed by atoms with van der Waals surface area (Å²) in [6, 6.07) is 17.4. The monoisotopic (exact) mass is 323 g/mol.